The predicted octanol–water partition coefficient (Wildman–Crippen LogP) is 4.90. The molecule has 0 saturated carbocycles. The van der Waals surface area contributed by atoms with Crippen molar-refractivity contribution in [1.82, 2.24) is 0 Å². The Hall–Kier alpha value is -1.27. The van der Waals surface area contributed by atoms with Gasteiger partial charge in [0.1, 0.15) is 0 Å². The predicted molar refractivity (Wildman–Crippen MR) is 59.6 cm³/mol. The van der Waals surface area contributed by atoms with E-state index in [1.165, 1.54) is 24.3 Å². The first-order chi connectivity index (χ1) is 9.04. The molecule has 0 N–H and O–H groups in total. The van der Waals surface area contributed by atoms with Crippen LogP contribution in [0, 0.1) is 12.8 Å². The molecule has 0 aliphatic heterocycles. The molecule has 0 fully saturated rings. The SMILES string of the molecule is [CH2]CC(Cc1ccccc1)C(F)(F)C(F)(F)C(F)(F)F. The molecule has 1 radical (unpaired) electrons. The van der Waals surface area contributed by atoms with Crippen LogP contribution in [0.2, 0.25) is 0 Å². The van der Waals surface area contributed by atoms with Gasteiger partial charge in [0.2, 0.25) is 0 Å². The van der Waals surface area contributed by atoms with Crippen molar-refractivity contribution >= 4 is 0 Å². The van der Waals surface area contributed by atoms with Crippen LogP contribution in [0.3, 0.4) is 0 Å². The zero-order valence-electron chi connectivity index (χ0n) is 10.2. The number of alkyl halides is 7. The van der Waals surface area contributed by atoms with Gasteiger partial charge in [-0.3, -0.25) is 0 Å². The van der Waals surface area contributed by atoms with Gasteiger partial charge in [0, 0.05) is 5.92 Å². The van der Waals surface area contributed by atoms with E-state index in [0.717, 1.165) is 0 Å². The largest absolute Gasteiger partial charge is 0.459 e. The average molecular weight is 301 g/mol. The Morgan fingerprint density at radius 2 is 1.40 bits per heavy atom. The summed E-state index contributed by atoms with van der Waals surface area (Å²) in [6.45, 7) is 3.06. The Labute approximate surface area is 111 Å². The Morgan fingerprint density at radius 1 is 0.900 bits per heavy atom. The van der Waals surface area contributed by atoms with Crippen LogP contribution in [0.4, 0.5) is 30.7 Å². The van der Waals surface area contributed by atoms with Crippen molar-refractivity contribution in [1.29, 1.82) is 0 Å². The highest BCUT2D eigenvalue weighted by atomic mass is 19.4. The lowest BCUT2D eigenvalue weighted by Gasteiger charge is -2.33. The lowest BCUT2D eigenvalue weighted by Crippen LogP contribution is -2.56. The summed E-state index contributed by atoms with van der Waals surface area (Å²) >= 11 is 0. The summed E-state index contributed by atoms with van der Waals surface area (Å²) in [5.41, 5.74) is 0.249. The van der Waals surface area contributed by atoms with E-state index in [1.807, 2.05) is 0 Å². The zero-order chi connectivity index (χ0) is 15.6. The average Bonchev–Trinajstić information content (AvgIpc) is 2.35. The van der Waals surface area contributed by atoms with Crippen LogP contribution in [0.1, 0.15) is 12.0 Å². The van der Waals surface area contributed by atoms with E-state index in [9.17, 15) is 30.7 Å². The fraction of sp³-hybridized carbons (Fsp3) is 0.462. The first-order valence-corrected chi connectivity index (χ1v) is 5.69. The van der Waals surface area contributed by atoms with Crippen LogP contribution < -0.4 is 0 Å². The van der Waals surface area contributed by atoms with Crippen molar-refractivity contribution in [2.45, 2.75) is 30.9 Å². The molecule has 1 aromatic rings. The molecule has 0 amide bonds. The van der Waals surface area contributed by atoms with Crippen molar-refractivity contribution in [2.75, 3.05) is 0 Å². The van der Waals surface area contributed by atoms with Crippen molar-refractivity contribution < 1.29 is 30.7 Å². The molecule has 1 unspecified atom stereocenters. The lowest BCUT2D eigenvalue weighted by atomic mass is 9.87. The summed E-state index contributed by atoms with van der Waals surface area (Å²) in [5.74, 6) is -13.5. The van der Waals surface area contributed by atoms with E-state index in [2.05, 4.69) is 6.92 Å². The third-order valence-corrected chi connectivity index (χ3v) is 2.96. The minimum atomic E-state index is -6.30. The normalized spacial score (nSPS) is 15.2. The minimum absolute atomic E-state index is 0.249. The number of hydrogen-bond donors (Lipinski definition) is 0. The van der Waals surface area contributed by atoms with Crippen LogP contribution in [-0.4, -0.2) is 18.0 Å². The van der Waals surface area contributed by atoms with E-state index in [-0.39, 0.29) is 5.56 Å². The Balaban J connectivity index is 3.04. The van der Waals surface area contributed by atoms with Gasteiger partial charge < -0.3 is 0 Å². The van der Waals surface area contributed by atoms with Crippen molar-refractivity contribution in [2.24, 2.45) is 5.92 Å². The van der Waals surface area contributed by atoms with Crippen LogP contribution in [0.15, 0.2) is 30.3 Å². The highest BCUT2D eigenvalue weighted by Crippen LogP contribution is 2.51. The molecule has 0 aliphatic carbocycles. The van der Waals surface area contributed by atoms with Gasteiger partial charge in [0.15, 0.2) is 0 Å². The van der Waals surface area contributed by atoms with Gasteiger partial charge in [-0.15, -0.1) is 0 Å². The molecule has 7 heteroatoms. The topological polar surface area (TPSA) is 0 Å². The molecule has 0 heterocycles. The minimum Gasteiger partial charge on any atom is -0.199 e. The highest BCUT2D eigenvalue weighted by molar-refractivity contribution is 5.16. The fourth-order valence-corrected chi connectivity index (χ4v) is 1.76. The van der Waals surface area contributed by atoms with Gasteiger partial charge in [-0.2, -0.15) is 30.7 Å². The molecule has 1 aromatic carbocycles. The molecule has 0 spiro atoms. The van der Waals surface area contributed by atoms with E-state index in [1.54, 1.807) is 6.07 Å². The molecular weight excluding hydrogens is 289 g/mol. The van der Waals surface area contributed by atoms with Crippen molar-refractivity contribution in [3.8, 4) is 0 Å². The maximum absolute atomic E-state index is 13.5. The number of hydrogen-bond acceptors (Lipinski definition) is 0. The molecule has 0 aliphatic rings. The summed E-state index contributed by atoms with van der Waals surface area (Å²) in [5, 5.41) is 0. The molecule has 113 valence electrons. The first-order valence-electron chi connectivity index (χ1n) is 5.69. The van der Waals surface area contributed by atoms with Crippen LogP contribution in [0.5, 0.6) is 0 Å². The maximum Gasteiger partial charge on any atom is 0.459 e. The Morgan fingerprint density at radius 3 is 1.80 bits per heavy atom. The lowest BCUT2D eigenvalue weighted by molar-refractivity contribution is -0.365. The second-order valence-corrected chi connectivity index (χ2v) is 4.37. The van der Waals surface area contributed by atoms with Crippen molar-refractivity contribution in [3.05, 3.63) is 42.8 Å². The summed E-state index contributed by atoms with van der Waals surface area (Å²) in [4.78, 5) is 0. The molecule has 1 rings (SSSR count). The summed E-state index contributed by atoms with van der Waals surface area (Å²) in [7, 11) is 0. The van der Waals surface area contributed by atoms with E-state index in [4.69, 9.17) is 0 Å². The second kappa shape index (κ2) is 5.61. The maximum atomic E-state index is 13.5. The zero-order valence-corrected chi connectivity index (χ0v) is 10.2. The second-order valence-electron chi connectivity index (χ2n) is 4.37. The number of rotatable bonds is 5. The van der Waals surface area contributed by atoms with Gasteiger partial charge in [0.25, 0.3) is 0 Å². The van der Waals surface area contributed by atoms with E-state index >= 15 is 0 Å². The van der Waals surface area contributed by atoms with E-state index in [0.29, 0.717) is 0 Å². The molecular formula is C13H12F7. The molecule has 1 atom stereocenters. The van der Waals surface area contributed by atoms with Crippen LogP contribution in [0.25, 0.3) is 0 Å². The van der Waals surface area contributed by atoms with Crippen molar-refractivity contribution in [3.63, 3.8) is 0 Å². The van der Waals surface area contributed by atoms with Crippen LogP contribution in [-0.2, 0) is 6.42 Å². The molecule has 20 heavy (non-hydrogen) atoms. The number of halogens is 7. The fourth-order valence-electron chi connectivity index (χ4n) is 1.76. The smallest absolute Gasteiger partial charge is 0.199 e. The molecule has 0 bridgehead atoms. The first kappa shape index (κ1) is 16.8. The monoisotopic (exact) mass is 301 g/mol. The van der Waals surface area contributed by atoms with Gasteiger partial charge in [-0.1, -0.05) is 37.3 Å². The quantitative estimate of drug-likeness (QED) is 0.678. The highest BCUT2D eigenvalue weighted by Gasteiger charge is 2.74. The molecule has 0 aromatic heterocycles. The Kier molecular flexibility index (Phi) is 4.71. The molecule has 0 saturated heterocycles. The van der Waals surface area contributed by atoms with Gasteiger partial charge in [-0.05, 0) is 18.4 Å². The Bertz CT molecular complexity index is 422. The third kappa shape index (κ3) is 3.07. The summed E-state index contributed by atoms with van der Waals surface area (Å²) in [6, 6.07) is 7.30. The van der Waals surface area contributed by atoms with Gasteiger partial charge in [-0.25, -0.2) is 0 Å². The van der Waals surface area contributed by atoms with Gasteiger partial charge in [0.05, 0.1) is 0 Å². The van der Waals surface area contributed by atoms with Gasteiger partial charge >= 0.3 is 18.0 Å². The van der Waals surface area contributed by atoms with E-state index < -0.39 is 36.8 Å². The third-order valence-electron chi connectivity index (χ3n) is 2.96. The summed E-state index contributed by atoms with van der Waals surface area (Å²) in [6.07, 6.45) is -7.66. The summed E-state index contributed by atoms with van der Waals surface area (Å²) < 4.78 is 89.3. The molecule has 0 nitrogen and oxygen atoms in total. The standard InChI is InChI=1S/C13H12F7/c1-2-10(8-9-6-4-3-5-7-9)11(14,15)12(16,17)13(18,19)20/h3-7,10H,1-2,8H2. The number of benzene rings is 1. The van der Waals surface area contributed by atoms with Crippen LogP contribution >= 0.6 is 0 Å².